The maximum Gasteiger partial charge on any atom is 0.170 e. The van der Waals surface area contributed by atoms with Crippen molar-refractivity contribution >= 4 is 5.84 Å². The maximum absolute atomic E-state index is 13.3. The van der Waals surface area contributed by atoms with Crippen LogP contribution >= 0.6 is 0 Å². The average molecular weight is 255 g/mol. The fourth-order valence-electron chi connectivity index (χ4n) is 1.55. The molecule has 0 bridgehead atoms. The first-order valence-electron chi connectivity index (χ1n) is 5.68. The summed E-state index contributed by atoms with van der Waals surface area (Å²) in [5, 5.41) is 23.3. The Kier molecular flexibility index (Phi) is 5.54. The number of hydrogen-bond acceptors (Lipinski definition) is 4. The molecule has 5 nitrogen and oxygen atoms in total. The molecule has 1 rings (SSSR count). The zero-order valence-electron chi connectivity index (χ0n) is 10.2. The van der Waals surface area contributed by atoms with Gasteiger partial charge in [-0.05, 0) is 37.1 Å². The van der Waals surface area contributed by atoms with Crippen LogP contribution < -0.4 is 11.1 Å². The van der Waals surface area contributed by atoms with E-state index in [1.807, 2.05) is 6.92 Å². The predicted octanol–water partition coefficient (Wildman–Crippen LogP) is 0.781. The number of nitrogens with one attached hydrogen (secondary N) is 1. The minimum Gasteiger partial charge on any atom is -0.409 e. The molecular weight excluding hydrogens is 237 g/mol. The Morgan fingerprint density at radius 2 is 2.22 bits per heavy atom. The van der Waals surface area contributed by atoms with Gasteiger partial charge in [0.1, 0.15) is 5.82 Å². The standard InChI is InChI=1S/C12H18FN3O2/c1-8(2-3-17)15-7-9-4-10(12(14)16-18)6-11(13)5-9/h4-6,8,15,17-18H,2-3,7H2,1H3,(H2,14,16). The third kappa shape index (κ3) is 4.31. The van der Waals surface area contributed by atoms with E-state index in [1.165, 1.54) is 12.1 Å². The van der Waals surface area contributed by atoms with Gasteiger partial charge in [0.2, 0.25) is 0 Å². The summed E-state index contributed by atoms with van der Waals surface area (Å²) in [6.45, 7) is 2.48. The van der Waals surface area contributed by atoms with Gasteiger partial charge in [-0.25, -0.2) is 4.39 Å². The van der Waals surface area contributed by atoms with Crippen molar-refractivity contribution in [1.29, 1.82) is 0 Å². The third-order valence-electron chi connectivity index (χ3n) is 2.58. The van der Waals surface area contributed by atoms with Crippen molar-refractivity contribution in [3.63, 3.8) is 0 Å². The first-order chi connectivity index (χ1) is 8.56. The predicted molar refractivity (Wildman–Crippen MR) is 66.9 cm³/mol. The van der Waals surface area contributed by atoms with Crippen LogP contribution in [0.3, 0.4) is 0 Å². The summed E-state index contributed by atoms with van der Waals surface area (Å²) < 4.78 is 13.3. The van der Waals surface area contributed by atoms with Crippen LogP contribution in [0, 0.1) is 5.82 Å². The van der Waals surface area contributed by atoms with Gasteiger partial charge in [-0.2, -0.15) is 0 Å². The Balaban J connectivity index is 2.74. The van der Waals surface area contributed by atoms with Crippen LogP contribution in [0.5, 0.6) is 0 Å². The lowest BCUT2D eigenvalue weighted by Gasteiger charge is -2.13. The molecule has 1 aromatic rings. The number of nitrogens with zero attached hydrogens (tertiary/aromatic N) is 1. The number of oxime groups is 1. The molecule has 0 aliphatic heterocycles. The first kappa shape index (κ1) is 14.4. The molecular formula is C12H18FN3O2. The normalized spacial score (nSPS) is 13.6. The zero-order chi connectivity index (χ0) is 13.5. The van der Waals surface area contributed by atoms with Gasteiger partial charge in [-0.1, -0.05) is 5.16 Å². The van der Waals surface area contributed by atoms with Crippen molar-refractivity contribution in [1.82, 2.24) is 5.32 Å². The minimum absolute atomic E-state index is 0.104. The smallest absolute Gasteiger partial charge is 0.170 e. The molecule has 0 aromatic heterocycles. The number of halogens is 1. The monoisotopic (exact) mass is 255 g/mol. The zero-order valence-corrected chi connectivity index (χ0v) is 10.2. The van der Waals surface area contributed by atoms with Crippen LogP contribution in [0.2, 0.25) is 0 Å². The van der Waals surface area contributed by atoms with Gasteiger partial charge in [0.25, 0.3) is 0 Å². The van der Waals surface area contributed by atoms with E-state index in [4.69, 9.17) is 16.0 Å². The number of rotatable bonds is 6. The van der Waals surface area contributed by atoms with Crippen LogP contribution in [0.1, 0.15) is 24.5 Å². The SMILES string of the molecule is CC(CCO)NCc1cc(F)cc(/C(N)=N/O)c1. The average Bonchev–Trinajstić information content (AvgIpc) is 2.35. The second kappa shape index (κ2) is 6.93. The van der Waals surface area contributed by atoms with E-state index in [0.29, 0.717) is 24.1 Å². The highest BCUT2D eigenvalue weighted by Crippen LogP contribution is 2.09. The van der Waals surface area contributed by atoms with Crippen LogP contribution in [-0.4, -0.2) is 28.8 Å². The molecule has 0 aliphatic rings. The van der Waals surface area contributed by atoms with Crippen molar-refractivity contribution in [2.75, 3.05) is 6.61 Å². The summed E-state index contributed by atoms with van der Waals surface area (Å²) in [6, 6.07) is 4.37. The van der Waals surface area contributed by atoms with Gasteiger partial charge >= 0.3 is 0 Å². The molecule has 1 aromatic carbocycles. The van der Waals surface area contributed by atoms with Gasteiger partial charge in [-0.15, -0.1) is 0 Å². The molecule has 0 saturated carbocycles. The molecule has 0 spiro atoms. The fourth-order valence-corrected chi connectivity index (χ4v) is 1.55. The molecule has 0 saturated heterocycles. The van der Waals surface area contributed by atoms with Crippen LogP contribution in [0.25, 0.3) is 0 Å². The number of benzene rings is 1. The summed E-state index contributed by atoms with van der Waals surface area (Å²) in [6.07, 6.45) is 0.627. The Bertz CT molecular complexity index is 424. The second-order valence-corrected chi connectivity index (χ2v) is 4.13. The van der Waals surface area contributed by atoms with Gasteiger partial charge in [0, 0.05) is 24.8 Å². The molecule has 100 valence electrons. The van der Waals surface area contributed by atoms with Crippen molar-refractivity contribution in [2.24, 2.45) is 10.9 Å². The van der Waals surface area contributed by atoms with Crippen molar-refractivity contribution in [2.45, 2.75) is 25.9 Å². The van der Waals surface area contributed by atoms with Gasteiger partial charge in [0.05, 0.1) is 0 Å². The topological polar surface area (TPSA) is 90.9 Å². The molecule has 0 amide bonds. The Morgan fingerprint density at radius 3 is 2.83 bits per heavy atom. The van der Waals surface area contributed by atoms with Crippen LogP contribution in [-0.2, 0) is 6.54 Å². The van der Waals surface area contributed by atoms with Crippen molar-refractivity contribution in [3.05, 3.63) is 35.1 Å². The highest BCUT2D eigenvalue weighted by atomic mass is 19.1. The summed E-state index contributed by atoms with van der Waals surface area (Å²) in [5.41, 5.74) is 6.45. The number of nitrogens with two attached hydrogens (primary N) is 1. The number of aliphatic hydroxyl groups is 1. The highest BCUT2D eigenvalue weighted by Gasteiger charge is 2.06. The molecule has 18 heavy (non-hydrogen) atoms. The lowest BCUT2D eigenvalue weighted by Crippen LogP contribution is -2.26. The molecule has 5 N–H and O–H groups in total. The summed E-state index contributed by atoms with van der Waals surface area (Å²) in [7, 11) is 0. The number of amidine groups is 1. The number of hydrogen-bond donors (Lipinski definition) is 4. The van der Waals surface area contributed by atoms with E-state index >= 15 is 0 Å². The summed E-state index contributed by atoms with van der Waals surface area (Å²) >= 11 is 0. The van der Waals surface area contributed by atoms with Crippen molar-refractivity contribution in [3.8, 4) is 0 Å². The molecule has 0 radical (unpaired) electrons. The van der Waals surface area contributed by atoms with E-state index in [9.17, 15) is 4.39 Å². The highest BCUT2D eigenvalue weighted by molar-refractivity contribution is 5.97. The molecule has 1 atom stereocenters. The summed E-state index contributed by atoms with van der Waals surface area (Å²) in [4.78, 5) is 0. The van der Waals surface area contributed by atoms with Crippen molar-refractivity contribution < 1.29 is 14.7 Å². The molecule has 0 fully saturated rings. The Hall–Kier alpha value is -1.66. The summed E-state index contributed by atoms with van der Waals surface area (Å²) in [5.74, 6) is -0.565. The van der Waals surface area contributed by atoms with Gasteiger partial charge in [-0.3, -0.25) is 0 Å². The second-order valence-electron chi connectivity index (χ2n) is 4.13. The fraction of sp³-hybridized carbons (Fsp3) is 0.417. The van der Waals surface area contributed by atoms with Gasteiger partial charge in [0.15, 0.2) is 5.84 Å². The van der Waals surface area contributed by atoms with E-state index in [-0.39, 0.29) is 18.5 Å². The van der Waals surface area contributed by atoms with E-state index in [2.05, 4.69) is 10.5 Å². The quantitative estimate of drug-likeness (QED) is 0.262. The Morgan fingerprint density at radius 1 is 1.50 bits per heavy atom. The first-order valence-corrected chi connectivity index (χ1v) is 5.68. The van der Waals surface area contributed by atoms with Crippen LogP contribution in [0.15, 0.2) is 23.4 Å². The minimum atomic E-state index is -0.439. The lowest BCUT2D eigenvalue weighted by molar-refractivity contribution is 0.268. The largest absolute Gasteiger partial charge is 0.409 e. The molecule has 0 heterocycles. The van der Waals surface area contributed by atoms with E-state index in [0.717, 1.165) is 0 Å². The Labute approximate surface area is 105 Å². The number of aliphatic hydroxyl groups excluding tert-OH is 1. The van der Waals surface area contributed by atoms with Gasteiger partial charge < -0.3 is 21.4 Å². The molecule has 1 unspecified atom stereocenters. The third-order valence-corrected chi connectivity index (χ3v) is 2.58. The lowest BCUT2D eigenvalue weighted by atomic mass is 10.1. The van der Waals surface area contributed by atoms with Crippen LogP contribution in [0.4, 0.5) is 4.39 Å². The molecule has 6 heteroatoms. The van der Waals surface area contributed by atoms with E-state index < -0.39 is 5.82 Å². The maximum atomic E-state index is 13.3. The van der Waals surface area contributed by atoms with E-state index in [1.54, 1.807) is 6.07 Å². The molecule has 0 aliphatic carbocycles.